The van der Waals surface area contributed by atoms with Gasteiger partial charge in [-0.15, -0.1) is 11.3 Å². The number of aliphatic carboxylic acids is 1. The van der Waals surface area contributed by atoms with Crippen molar-refractivity contribution in [1.29, 1.82) is 0 Å². The van der Waals surface area contributed by atoms with Gasteiger partial charge >= 0.3 is 12.1 Å². The minimum Gasteiger partial charge on any atom is -0.480 e. The first kappa shape index (κ1) is 26.7. The van der Waals surface area contributed by atoms with E-state index in [9.17, 15) is 14.7 Å². The van der Waals surface area contributed by atoms with Gasteiger partial charge in [0.25, 0.3) is 0 Å². The zero-order valence-corrected chi connectivity index (χ0v) is 22.0. The van der Waals surface area contributed by atoms with Crippen LogP contribution in [-0.2, 0) is 16.0 Å². The van der Waals surface area contributed by atoms with Crippen molar-refractivity contribution in [1.82, 2.24) is 10.3 Å². The van der Waals surface area contributed by atoms with Gasteiger partial charge in [-0.3, -0.25) is 0 Å². The van der Waals surface area contributed by atoms with E-state index < -0.39 is 23.7 Å². The third-order valence-electron chi connectivity index (χ3n) is 5.18. The van der Waals surface area contributed by atoms with E-state index in [1.165, 1.54) is 0 Å². The van der Waals surface area contributed by atoms with Crippen LogP contribution in [0.5, 0.6) is 23.0 Å². The number of alkyl carbamates (subject to hydrolysis) is 1. The van der Waals surface area contributed by atoms with Gasteiger partial charge in [-0.25, -0.2) is 14.6 Å². The average molecular weight is 533 g/mol. The predicted molar refractivity (Wildman–Crippen MR) is 145 cm³/mol. The number of aromatic nitrogens is 1. The van der Waals surface area contributed by atoms with Gasteiger partial charge in [0.1, 0.15) is 39.6 Å². The number of carbonyl (C=O) groups excluding carboxylic acids is 1. The molecule has 0 saturated carbocycles. The van der Waals surface area contributed by atoms with E-state index in [2.05, 4.69) is 10.3 Å². The molecule has 0 aliphatic rings. The number of amides is 1. The van der Waals surface area contributed by atoms with E-state index in [0.717, 1.165) is 21.9 Å². The summed E-state index contributed by atoms with van der Waals surface area (Å²) in [7, 11) is 0. The normalized spacial score (nSPS) is 11.9. The summed E-state index contributed by atoms with van der Waals surface area (Å²) in [4.78, 5) is 27.9. The Morgan fingerprint density at radius 1 is 0.868 bits per heavy atom. The topological polar surface area (TPSA) is 107 Å². The van der Waals surface area contributed by atoms with Gasteiger partial charge in [0.2, 0.25) is 0 Å². The maximum absolute atomic E-state index is 12.0. The summed E-state index contributed by atoms with van der Waals surface area (Å²) < 4.78 is 17.0. The molecule has 0 aliphatic heterocycles. The van der Waals surface area contributed by atoms with Crippen LogP contribution in [0.15, 0.2) is 84.4 Å². The number of benzene rings is 3. The lowest BCUT2D eigenvalue weighted by molar-refractivity contribution is -0.139. The van der Waals surface area contributed by atoms with Crippen LogP contribution >= 0.6 is 11.3 Å². The molecule has 9 heteroatoms. The van der Waals surface area contributed by atoms with Gasteiger partial charge in [0, 0.05) is 23.6 Å². The van der Waals surface area contributed by atoms with Crippen LogP contribution < -0.4 is 14.8 Å². The molecule has 1 heterocycles. The maximum Gasteiger partial charge on any atom is 0.408 e. The second kappa shape index (κ2) is 11.8. The van der Waals surface area contributed by atoms with Crippen LogP contribution in [0.3, 0.4) is 0 Å². The van der Waals surface area contributed by atoms with Gasteiger partial charge in [-0.05, 0) is 87.0 Å². The Labute approximate surface area is 224 Å². The molecule has 196 valence electrons. The summed E-state index contributed by atoms with van der Waals surface area (Å²) in [6.45, 7) is 5.14. The fourth-order valence-corrected chi connectivity index (χ4v) is 4.10. The first-order valence-corrected chi connectivity index (χ1v) is 12.8. The zero-order chi connectivity index (χ0) is 27.1. The Kier molecular flexibility index (Phi) is 8.28. The molecule has 4 aromatic rings. The van der Waals surface area contributed by atoms with Crippen molar-refractivity contribution in [3.63, 3.8) is 0 Å². The van der Waals surface area contributed by atoms with Crippen molar-refractivity contribution < 1.29 is 28.9 Å². The number of carboxylic acid groups (broad SMARTS) is 1. The number of rotatable bonds is 9. The standard InChI is InChI=1S/C29H28N2O6S/c1-29(2,3)37-28(34)31-25(27(32)33)18-19-4-8-21(9-5-19)35-23-12-14-24(15-13-23)36-22-10-6-20(7-11-22)26-30-16-17-38-26/h4-17,25H,18H2,1-3H3,(H,31,34)(H,32,33). The number of hydrogen-bond acceptors (Lipinski definition) is 7. The molecule has 1 aromatic heterocycles. The summed E-state index contributed by atoms with van der Waals surface area (Å²) >= 11 is 1.59. The smallest absolute Gasteiger partial charge is 0.408 e. The van der Waals surface area contributed by atoms with Crippen LogP contribution in [0.1, 0.15) is 26.3 Å². The van der Waals surface area contributed by atoms with Gasteiger partial charge < -0.3 is 24.6 Å². The SMILES string of the molecule is CC(C)(C)OC(=O)NC(Cc1ccc(Oc2ccc(Oc3ccc(-c4nccs4)cc3)cc2)cc1)C(=O)O. The summed E-state index contributed by atoms with van der Waals surface area (Å²) in [5.74, 6) is 1.46. The lowest BCUT2D eigenvalue weighted by Gasteiger charge is -2.22. The van der Waals surface area contributed by atoms with Crippen LogP contribution in [0.4, 0.5) is 4.79 Å². The predicted octanol–water partition coefficient (Wildman–Crippen LogP) is 6.92. The molecule has 4 rings (SSSR count). The second-order valence-corrected chi connectivity index (χ2v) is 10.3. The molecule has 38 heavy (non-hydrogen) atoms. The monoisotopic (exact) mass is 532 g/mol. The lowest BCUT2D eigenvalue weighted by Crippen LogP contribution is -2.44. The second-order valence-electron chi connectivity index (χ2n) is 9.42. The average Bonchev–Trinajstić information content (AvgIpc) is 3.40. The first-order valence-electron chi connectivity index (χ1n) is 11.9. The van der Waals surface area contributed by atoms with Crippen molar-refractivity contribution in [3.8, 4) is 33.6 Å². The number of hydrogen-bond donors (Lipinski definition) is 2. The molecule has 0 radical (unpaired) electrons. The Morgan fingerprint density at radius 2 is 1.37 bits per heavy atom. The van der Waals surface area contributed by atoms with Gasteiger partial charge in [-0.1, -0.05) is 12.1 Å². The minimum atomic E-state index is -1.14. The van der Waals surface area contributed by atoms with E-state index >= 15 is 0 Å². The Morgan fingerprint density at radius 3 is 1.82 bits per heavy atom. The molecule has 1 unspecified atom stereocenters. The zero-order valence-electron chi connectivity index (χ0n) is 21.2. The molecule has 1 atom stereocenters. The minimum absolute atomic E-state index is 0.103. The number of carboxylic acids is 1. The fraction of sp³-hybridized carbons (Fsp3) is 0.207. The molecule has 2 N–H and O–H groups in total. The summed E-state index contributed by atoms with van der Waals surface area (Å²) in [5, 5.41) is 14.8. The van der Waals surface area contributed by atoms with Crippen molar-refractivity contribution in [3.05, 3.63) is 89.9 Å². The molecule has 0 spiro atoms. The van der Waals surface area contributed by atoms with E-state index in [1.807, 2.05) is 41.8 Å². The molecule has 0 saturated heterocycles. The molecule has 0 aliphatic carbocycles. The van der Waals surface area contributed by atoms with Crippen molar-refractivity contribution in [2.45, 2.75) is 38.8 Å². The molecule has 8 nitrogen and oxygen atoms in total. The number of carbonyl (C=O) groups is 2. The number of thiazole rings is 1. The number of nitrogens with zero attached hydrogens (tertiary/aromatic N) is 1. The van der Waals surface area contributed by atoms with Gasteiger partial charge in [0.05, 0.1) is 0 Å². The Bertz CT molecular complexity index is 1350. The molecule has 1 amide bonds. The van der Waals surface area contributed by atoms with Crippen LogP contribution in [-0.4, -0.2) is 33.8 Å². The van der Waals surface area contributed by atoms with Gasteiger partial charge in [-0.2, -0.15) is 0 Å². The largest absolute Gasteiger partial charge is 0.480 e. The maximum atomic E-state index is 12.0. The van der Waals surface area contributed by atoms with E-state index in [4.69, 9.17) is 14.2 Å². The third kappa shape index (κ3) is 7.81. The van der Waals surface area contributed by atoms with Crippen molar-refractivity contribution in [2.75, 3.05) is 0 Å². The Balaban J connectivity index is 1.31. The quantitative estimate of drug-likeness (QED) is 0.241. The first-order chi connectivity index (χ1) is 18.1. The molecular formula is C29H28N2O6S. The van der Waals surface area contributed by atoms with Crippen LogP contribution in [0, 0.1) is 0 Å². The highest BCUT2D eigenvalue weighted by Gasteiger charge is 2.24. The fourth-order valence-electron chi connectivity index (χ4n) is 3.46. The van der Waals surface area contributed by atoms with Gasteiger partial charge in [0.15, 0.2) is 0 Å². The lowest BCUT2D eigenvalue weighted by atomic mass is 10.1. The summed E-state index contributed by atoms with van der Waals surface area (Å²) in [5.41, 5.74) is 1.05. The van der Waals surface area contributed by atoms with E-state index in [0.29, 0.717) is 17.2 Å². The molecule has 3 aromatic carbocycles. The van der Waals surface area contributed by atoms with Crippen molar-refractivity contribution in [2.24, 2.45) is 0 Å². The summed E-state index contributed by atoms with van der Waals surface area (Å²) in [6.07, 6.45) is 1.11. The van der Waals surface area contributed by atoms with E-state index in [1.54, 1.807) is 74.7 Å². The number of ether oxygens (including phenoxy) is 3. The van der Waals surface area contributed by atoms with Crippen LogP contribution in [0.25, 0.3) is 10.6 Å². The molecule has 0 fully saturated rings. The third-order valence-corrected chi connectivity index (χ3v) is 6.00. The Hall–Kier alpha value is -4.37. The van der Waals surface area contributed by atoms with E-state index in [-0.39, 0.29) is 6.42 Å². The highest BCUT2D eigenvalue weighted by Crippen LogP contribution is 2.29. The van der Waals surface area contributed by atoms with Crippen molar-refractivity contribution >= 4 is 23.4 Å². The molecule has 0 bridgehead atoms. The van der Waals surface area contributed by atoms with Crippen LogP contribution in [0.2, 0.25) is 0 Å². The molecular weight excluding hydrogens is 504 g/mol. The number of nitrogens with one attached hydrogen (secondary N) is 1. The highest BCUT2D eigenvalue weighted by atomic mass is 32.1. The summed E-state index contributed by atoms with van der Waals surface area (Å²) in [6, 6.07) is 20.9. The highest BCUT2D eigenvalue weighted by molar-refractivity contribution is 7.13.